The Morgan fingerprint density at radius 3 is 2.67 bits per heavy atom. The van der Waals surface area contributed by atoms with Gasteiger partial charge in [0.05, 0.1) is 13.2 Å². The zero-order valence-corrected chi connectivity index (χ0v) is 11.1. The summed E-state index contributed by atoms with van der Waals surface area (Å²) in [6.07, 6.45) is 9.23. The van der Waals surface area contributed by atoms with Crippen molar-refractivity contribution in [3.63, 3.8) is 0 Å². The quantitative estimate of drug-likeness (QED) is 0.296. The van der Waals surface area contributed by atoms with Gasteiger partial charge >= 0.3 is 5.97 Å². The smallest absolute Gasteiger partial charge is 0.313 e. The molecule has 0 aromatic rings. The van der Waals surface area contributed by atoms with E-state index in [0.29, 0.717) is 0 Å². The lowest BCUT2D eigenvalue weighted by atomic mass is 10.1. The number of aliphatic hydroxyl groups is 1. The molecule has 0 aliphatic carbocycles. The van der Waals surface area contributed by atoms with Crippen LogP contribution in [-0.2, 0) is 14.3 Å². The third kappa shape index (κ3) is 9.78. The Morgan fingerprint density at radius 1 is 1.33 bits per heavy atom. The molecule has 0 saturated heterocycles. The molecule has 0 amide bonds. The van der Waals surface area contributed by atoms with Gasteiger partial charge in [-0.15, -0.1) is 0 Å². The first-order valence-electron chi connectivity index (χ1n) is 6.20. The molecule has 0 aliphatic heterocycles. The minimum Gasteiger partial charge on any atom is -0.469 e. The molecule has 0 aromatic carbocycles. The molecule has 0 fully saturated rings. The van der Waals surface area contributed by atoms with Crippen LogP contribution in [0.3, 0.4) is 0 Å². The van der Waals surface area contributed by atoms with Gasteiger partial charge in [-0.2, -0.15) is 0 Å². The Morgan fingerprint density at radius 2 is 2.06 bits per heavy atom. The van der Waals surface area contributed by atoms with Gasteiger partial charge in [0.15, 0.2) is 0 Å². The SMILES string of the molecule is CCCC/C=C/C=C/C(O)CC(=O)CC(=O)OC. The normalized spacial score (nSPS) is 13.1. The number of aliphatic hydroxyl groups excluding tert-OH is 1. The molecular formula is C14H22O4. The van der Waals surface area contributed by atoms with Crippen LogP contribution in [0.2, 0.25) is 0 Å². The van der Waals surface area contributed by atoms with Crippen LogP contribution >= 0.6 is 0 Å². The van der Waals surface area contributed by atoms with Crippen molar-refractivity contribution in [3.05, 3.63) is 24.3 Å². The van der Waals surface area contributed by atoms with Gasteiger partial charge in [0.2, 0.25) is 0 Å². The highest BCUT2D eigenvalue weighted by Crippen LogP contribution is 2.00. The molecular weight excluding hydrogens is 232 g/mol. The summed E-state index contributed by atoms with van der Waals surface area (Å²) in [6.45, 7) is 2.13. The fourth-order valence-electron chi connectivity index (χ4n) is 1.30. The number of esters is 1. The number of methoxy groups -OCH3 is 1. The number of carbonyl (C=O) groups excluding carboxylic acids is 2. The summed E-state index contributed by atoms with van der Waals surface area (Å²) in [5.74, 6) is -0.899. The number of hydrogen-bond acceptors (Lipinski definition) is 4. The summed E-state index contributed by atoms with van der Waals surface area (Å²) in [6, 6.07) is 0. The summed E-state index contributed by atoms with van der Waals surface area (Å²) in [7, 11) is 1.23. The highest BCUT2D eigenvalue weighted by atomic mass is 16.5. The van der Waals surface area contributed by atoms with Crippen LogP contribution in [0.15, 0.2) is 24.3 Å². The van der Waals surface area contributed by atoms with E-state index in [2.05, 4.69) is 11.7 Å². The van der Waals surface area contributed by atoms with Crippen molar-refractivity contribution in [1.82, 2.24) is 0 Å². The van der Waals surface area contributed by atoms with E-state index in [1.54, 1.807) is 6.08 Å². The summed E-state index contributed by atoms with van der Waals surface area (Å²) in [5, 5.41) is 9.51. The minimum absolute atomic E-state index is 0.0611. The lowest BCUT2D eigenvalue weighted by Gasteiger charge is -2.03. The number of Topliss-reactive ketones (excluding diaryl/α,β-unsaturated/α-hetero) is 1. The lowest BCUT2D eigenvalue weighted by molar-refractivity contribution is -0.143. The van der Waals surface area contributed by atoms with Crippen LogP contribution < -0.4 is 0 Å². The molecule has 4 nitrogen and oxygen atoms in total. The molecule has 1 N–H and O–H groups in total. The van der Waals surface area contributed by atoms with Crippen LogP contribution in [0, 0.1) is 0 Å². The second kappa shape index (κ2) is 10.7. The number of allylic oxidation sites excluding steroid dienone is 3. The Bertz CT molecular complexity index is 305. The monoisotopic (exact) mass is 254 g/mol. The molecule has 18 heavy (non-hydrogen) atoms. The molecule has 0 rings (SSSR count). The van der Waals surface area contributed by atoms with Crippen molar-refractivity contribution in [2.24, 2.45) is 0 Å². The summed E-state index contributed by atoms with van der Waals surface area (Å²) >= 11 is 0. The summed E-state index contributed by atoms with van der Waals surface area (Å²) in [4.78, 5) is 22.1. The Labute approximate surface area is 108 Å². The Hall–Kier alpha value is -1.42. The van der Waals surface area contributed by atoms with E-state index in [4.69, 9.17) is 0 Å². The maximum absolute atomic E-state index is 11.3. The number of unbranched alkanes of at least 4 members (excludes halogenated alkanes) is 2. The number of carbonyl (C=O) groups is 2. The molecule has 0 bridgehead atoms. The first-order chi connectivity index (χ1) is 8.60. The average molecular weight is 254 g/mol. The van der Waals surface area contributed by atoms with Crippen molar-refractivity contribution < 1.29 is 19.4 Å². The fraction of sp³-hybridized carbons (Fsp3) is 0.571. The van der Waals surface area contributed by atoms with E-state index in [0.717, 1.165) is 19.3 Å². The van der Waals surface area contributed by atoms with E-state index < -0.39 is 12.1 Å². The van der Waals surface area contributed by atoms with Gasteiger partial charge in [-0.05, 0) is 6.42 Å². The number of hydrogen-bond donors (Lipinski definition) is 1. The van der Waals surface area contributed by atoms with Gasteiger partial charge in [0.25, 0.3) is 0 Å². The van der Waals surface area contributed by atoms with E-state index >= 15 is 0 Å². The van der Waals surface area contributed by atoms with Crippen LogP contribution in [-0.4, -0.2) is 30.1 Å². The third-order valence-corrected chi connectivity index (χ3v) is 2.31. The first-order valence-corrected chi connectivity index (χ1v) is 6.20. The van der Waals surface area contributed by atoms with Crippen molar-refractivity contribution in [1.29, 1.82) is 0 Å². The molecule has 1 atom stereocenters. The van der Waals surface area contributed by atoms with Crippen LogP contribution in [0.5, 0.6) is 0 Å². The van der Waals surface area contributed by atoms with Gasteiger partial charge < -0.3 is 9.84 Å². The van der Waals surface area contributed by atoms with Gasteiger partial charge in [0.1, 0.15) is 12.2 Å². The summed E-state index contributed by atoms with van der Waals surface area (Å²) in [5.41, 5.74) is 0. The topological polar surface area (TPSA) is 63.6 Å². The summed E-state index contributed by atoms with van der Waals surface area (Å²) < 4.78 is 4.37. The average Bonchev–Trinajstić information content (AvgIpc) is 2.33. The molecule has 0 aliphatic rings. The predicted octanol–water partition coefficient (Wildman–Crippen LogP) is 2.17. The van der Waals surface area contributed by atoms with Crippen LogP contribution in [0.1, 0.15) is 39.0 Å². The highest BCUT2D eigenvalue weighted by molar-refractivity contribution is 5.95. The first kappa shape index (κ1) is 16.6. The van der Waals surface area contributed by atoms with E-state index in [1.807, 2.05) is 12.2 Å². The minimum atomic E-state index is -0.849. The van der Waals surface area contributed by atoms with Crippen molar-refractivity contribution in [3.8, 4) is 0 Å². The predicted molar refractivity (Wildman–Crippen MR) is 70.1 cm³/mol. The maximum Gasteiger partial charge on any atom is 0.313 e. The maximum atomic E-state index is 11.3. The largest absolute Gasteiger partial charge is 0.469 e. The number of ether oxygens (including phenoxy) is 1. The van der Waals surface area contributed by atoms with Crippen molar-refractivity contribution >= 4 is 11.8 Å². The second-order valence-corrected chi connectivity index (χ2v) is 4.02. The van der Waals surface area contributed by atoms with Gasteiger partial charge in [0, 0.05) is 6.42 Å². The lowest BCUT2D eigenvalue weighted by Crippen LogP contribution is -2.15. The van der Waals surface area contributed by atoms with E-state index in [9.17, 15) is 14.7 Å². The van der Waals surface area contributed by atoms with Gasteiger partial charge in [-0.3, -0.25) is 9.59 Å². The molecule has 0 spiro atoms. The van der Waals surface area contributed by atoms with Crippen molar-refractivity contribution in [2.45, 2.75) is 45.1 Å². The van der Waals surface area contributed by atoms with Crippen molar-refractivity contribution in [2.75, 3.05) is 7.11 Å². The molecule has 0 radical (unpaired) electrons. The molecule has 0 heterocycles. The zero-order chi connectivity index (χ0) is 13.8. The number of rotatable bonds is 9. The van der Waals surface area contributed by atoms with E-state index in [-0.39, 0.29) is 18.6 Å². The molecule has 102 valence electrons. The second-order valence-electron chi connectivity index (χ2n) is 4.02. The highest BCUT2D eigenvalue weighted by Gasteiger charge is 2.12. The van der Waals surface area contributed by atoms with E-state index in [1.165, 1.54) is 13.2 Å². The van der Waals surface area contributed by atoms with Crippen LogP contribution in [0.4, 0.5) is 0 Å². The molecule has 0 aromatic heterocycles. The fourth-order valence-corrected chi connectivity index (χ4v) is 1.30. The van der Waals surface area contributed by atoms with Gasteiger partial charge in [-0.25, -0.2) is 0 Å². The Kier molecular flexibility index (Phi) is 9.87. The number of ketones is 1. The third-order valence-electron chi connectivity index (χ3n) is 2.31. The van der Waals surface area contributed by atoms with Gasteiger partial charge in [-0.1, -0.05) is 44.1 Å². The Balaban J connectivity index is 3.85. The molecule has 0 saturated carbocycles. The van der Waals surface area contributed by atoms with Crippen LogP contribution in [0.25, 0.3) is 0 Å². The molecule has 4 heteroatoms. The standard InChI is InChI=1S/C14H22O4/c1-3-4-5-6-7-8-9-12(15)10-13(16)11-14(17)18-2/h6-9,12,15H,3-5,10-11H2,1-2H3/b7-6+,9-8+. The zero-order valence-electron chi connectivity index (χ0n) is 11.1. The molecule has 1 unspecified atom stereocenters.